The number of rotatable bonds is 6. The molecule has 0 spiro atoms. The monoisotopic (exact) mass is 352 g/mol. The predicted octanol–water partition coefficient (Wildman–Crippen LogP) is 3.96. The molecule has 5 nitrogen and oxygen atoms in total. The van der Waals surface area contributed by atoms with E-state index in [1.807, 2.05) is 18.2 Å². The van der Waals surface area contributed by atoms with Gasteiger partial charge in [-0.25, -0.2) is 9.97 Å². The fraction of sp³-hybridized carbons (Fsp3) is 0.476. The lowest BCUT2D eigenvalue weighted by Gasteiger charge is -2.21. The van der Waals surface area contributed by atoms with E-state index >= 15 is 0 Å². The number of nitrogens with one attached hydrogen (secondary N) is 1. The quantitative estimate of drug-likeness (QED) is 0.800. The summed E-state index contributed by atoms with van der Waals surface area (Å²) in [5, 5.41) is 3.15. The molecule has 0 bridgehead atoms. The molecule has 138 valence electrons. The van der Waals surface area contributed by atoms with Crippen molar-refractivity contribution in [3.05, 3.63) is 53.9 Å². The zero-order valence-electron chi connectivity index (χ0n) is 15.5. The van der Waals surface area contributed by atoms with Crippen LogP contribution in [0.15, 0.2) is 42.7 Å². The number of benzene rings is 1. The van der Waals surface area contributed by atoms with Crippen LogP contribution >= 0.6 is 0 Å². The molecule has 0 aliphatic heterocycles. The van der Waals surface area contributed by atoms with Gasteiger partial charge in [0.05, 0.1) is 5.56 Å². The van der Waals surface area contributed by atoms with Crippen molar-refractivity contribution in [2.45, 2.75) is 58.0 Å². The van der Waals surface area contributed by atoms with E-state index in [9.17, 15) is 4.79 Å². The highest BCUT2D eigenvalue weighted by atomic mass is 16.1. The standard InChI is InChI=1S/C21H28N4O/c1-2-25(16-17-10-6-5-7-11-17)21-22-14-18(15-23-21)20(26)24-19-12-8-3-4-9-13-19/h5-7,10-11,14-15,19H,2-4,8-9,12-13,16H2,1H3,(H,24,26). The number of carbonyl (C=O) groups excluding carboxylic acids is 1. The number of aromatic nitrogens is 2. The van der Waals surface area contributed by atoms with Crippen molar-refractivity contribution in [3.8, 4) is 0 Å². The molecule has 0 radical (unpaired) electrons. The molecule has 0 atom stereocenters. The lowest BCUT2D eigenvalue weighted by molar-refractivity contribution is 0.0932. The molecule has 1 aliphatic rings. The second-order valence-electron chi connectivity index (χ2n) is 6.93. The molecule has 1 amide bonds. The van der Waals surface area contributed by atoms with Crippen LogP contribution in [0.1, 0.15) is 61.4 Å². The molecular weight excluding hydrogens is 324 g/mol. The Hall–Kier alpha value is -2.43. The highest BCUT2D eigenvalue weighted by Gasteiger charge is 2.17. The van der Waals surface area contributed by atoms with Crippen LogP contribution in [0.2, 0.25) is 0 Å². The molecule has 1 saturated carbocycles. The van der Waals surface area contributed by atoms with Crippen LogP contribution < -0.4 is 10.2 Å². The van der Waals surface area contributed by atoms with Gasteiger partial charge in [-0.15, -0.1) is 0 Å². The molecular formula is C21H28N4O. The molecule has 1 fully saturated rings. The van der Waals surface area contributed by atoms with Crippen LogP contribution in [0.25, 0.3) is 0 Å². The maximum atomic E-state index is 12.5. The fourth-order valence-corrected chi connectivity index (χ4v) is 3.42. The third-order valence-corrected chi connectivity index (χ3v) is 4.97. The summed E-state index contributed by atoms with van der Waals surface area (Å²) in [7, 11) is 0. The molecule has 1 heterocycles. The summed E-state index contributed by atoms with van der Waals surface area (Å²) in [6.45, 7) is 3.65. The Morgan fingerprint density at radius 2 is 1.73 bits per heavy atom. The SMILES string of the molecule is CCN(Cc1ccccc1)c1ncc(C(=O)NC2CCCCCC2)cn1. The smallest absolute Gasteiger partial charge is 0.254 e. The Balaban J connectivity index is 1.62. The van der Waals surface area contributed by atoms with Gasteiger partial charge >= 0.3 is 0 Å². The normalized spacial score (nSPS) is 15.3. The fourth-order valence-electron chi connectivity index (χ4n) is 3.42. The van der Waals surface area contributed by atoms with Crippen LogP contribution in [0.3, 0.4) is 0 Å². The third-order valence-electron chi connectivity index (χ3n) is 4.97. The van der Waals surface area contributed by atoms with Crippen molar-refractivity contribution in [1.29, 1.82) is 0 Å². The van der Waals surface area contributed by atoms with Gasteiger partial charge in [-0.2, -0.15) is 0 Å². The average Bonchev–Trinajstić information content (AvgIpc) is 2.96. The van der Waals surface area contributed by atoms with Gasteiger partial charge in [0.25, 0.3) is 5.91 Å². The number of nitrogens with zero attached hydrogens (tertiary/aromatic N) is 3. The molecule has 0 unspecified atom stereocenters. The number of hydrogen-bond donors (Lipinski definition) is 1. The zero-order valence-corrected chi connectivity index (χ0v) is 15.5. The Kier molecular flexibility index (Phi) is 6.58. The first-order chi connectivity index (χ1) is 12.8. The summed E-state index contributed by atoms with van der Waals surface area (Å²) in [6.07, 6.45) is 10.4. The van der Waals surface area contributed by atoms with Gasteiger partial charge in [0.1, 0.15) is 0 Å². The predicted molar refractivity (Wildman–Crippen MR) is 104 cm³/mol. The maximum Gasteiger partial charge on any atom is 0.254 e. The number of amides is 1. The summed E-state index contributed by atoms with van der Waals surface area (Å²) in [6, 6.07) is 10.6. The minimum atomic E-state index is -0.0606. The van der Waals surface area contributed by atoms with E-state index in [2.05, 4.69) is 39.2 Å². The molecule has 3 rings (SSSR count). The molecule has 26 heavy (non-hydrogen) atoms. The average molecular weight is 352 g/mol. The van der Waals surface area contributed by atoms with Crippen molar-refractivity contribution in [2.24, 2.45) is 0 Å². The highest BCUT2D eigenvalue weighted by Crippen LogP contribution is 2.18. The van der Waals surface area contributed by atoms with E-state index in [1.165, 1.54) is 31.2 Å². The first-order valence-electron chi connectivity index (χ1n) is 9.68. The first kappa shape index (κ1) is 18.4. The Bertz CT molecular complexity index is 679. The lowest BCUT2D eigenvalue weighted by Crippen LogP contribution is -2.34. The number of carbonyl (C=O) groups is 1. The van der Waals surface area contributed by atoms with Gasteiger partial charge in [0.2, 0.25) is 5.95 Å². The summed E-state index contributed by atoms with van der Waals surface area (Å²) in [4.78, 5) is 23.4. The second kappa shape index (κ2) is 9.32. The van der Waals surface area contributed by atoms with E-state index in [4.69, 9.17) is 0 Å². The van der Waals surface area contributed by atoms with Crippen molar-refractivity contribution in [1.82, 2.24) is 15.3 Å². The van der Waals surface area contributed by atoms with Gasteiger partial charge in [0.15, 0.2) is 0 Å². The maximum absolute atomic E-state index is 12.5. The first-order valence-corrected chi connectivity index (χ1v) is 9.68. The third kappa shape index (κ3) is 5.04. The van der Waals surface area contributed by atoms with Crippen LogP contribution in [0, 0.1) is 0 Å². The summed E-state index contributed by atoms with van der Waals surface area (Å²) < 4.78 is 0. The minimum absolute atomic E-state index is 0.0606. The summed E-state index contributed by atoms with van der Waals surface area (Å²) in [5.74, 6) is 0.594. The van der Waals surface area contributed by atoms with Crippen molar-refractivity contribution in [2.75, 3.05) is 11.4 Å². The van der Waals surface area contributed by atoms with E-state index in [0.717, 1.165) is 25.9 Å². The van der Waals surface area contributed by atoms with Crippen LogP contribution in [0.4, 0.5) is 5.95 Å². The van der Waals surface area contributed by atoms with Gasteiger partial charge in [0, 0.05) is 31.5 Å². The molecule has 1 N–H and O–H groups in total. The Labute approximate surface area is 155 Å². The molecule has 2 aromatic rings. The summed E-state index contributed by atoms with van der Waals surface area (Å²) in [5.41, 5.74) is 1.75. The molecule has 1 aliphatic carbocycles. The highest BCUT2D eigenvalue weighted by molar-refractivity contribution is 5.93. The van der Waals surface area contributed by atoms with Gasteiger partial charge in [-0.1, -0.05) is 56.0 Å². The van der Waals surface area contributed by atoms with E-state index < -0.39 is 0 Å². The van der Waals surface area contributed by atoms with Crippen LogP contribution in [-0.2, 0) is 6.54 Å². The summed E-state index contributed by atoms with van der Waals surface area (Å²) >= 11 is 0. The zero-order chi connectivity index (χ0) is 18.2. The van der Waals surface area contributed by atoms with Gasteiger partial charge in [-0.05, 0) is 25.3 Å². The second-order valence-corrected chi connectivity index (χ2v) is 6.93. The molecule has 1 aromatic heterocycles. The van der Waals surface area contributed by atoms with E-state index in [0.29, 0.717) is 11.5 Å². The van der Waals surface area contributed by atoms with Gasteiger partial charge < -0.3 is 10.2 Å². The van der Waals surface area contributed by atoms with Crippen LogP contribution in [0.5, 0.6) is 0 Å². The largest absolute Gasteiger partial charge is 0.349 e. The molecule has 0 saturated heterocycles. The van der Waals surface area contributed by atoms with Crippen molar-refractivity contribution in [3.63, 3.8) is 0 Å². The van der Waals surface area contributed by atoms with E-state index in [1.54, 1.807) is 12.4 Å². The van der Waals surface area contributed by atoms with E-state index in [-0.39, 0.29) is 11.9 Å². The van der Waals surface area contributed by atoms with Crippen molar-refractivity contribution < 1.29 is 4.79 Å². The van der Waals surface area contributed by atoms with Gasteiger partial charge in [-0.3, -0.25) is 4.79 Å². The lowest BCUT2D eigenvalue weighted by atomic mass is 10.1. The Morgan fingerprint density at radius 3 is 2.35 bits per heavy atom. The minimum Gasteiger partial charge on any atom is -0.349 e. The number of hydrogen-bond acceptors (Lipinski definition) is 4. The molecule has 5 heteroatoms. The van der Waals surface area contributed by atoms with Crippen molar-refractivity contribution >= 4 is 11.9 Å². The Morgan fingerprint density at radius 1 is 1.08 bits per heavy atom. The number of anilines is 1. The molecule has 1 aromatic carbocycles. The topological polar surface area (TPSA) is 58.1 Å². The van der Waals surface area contributed by atoms with Crippen LogP contribution in [-0.4, -0.2) is 28.5 Å².